The van der Waals surface area contributed by atoms with Gasteiger partial charge in [0.05, 0.1) is 54.7 Å². The Kier molecular flexibility index (Phi) is 16.3. The van der Waals surface area contributed by atoms with Gasteiger partial charge < -0.3 is 33.3 Å². The molecule has 4 heterocycles. The van der Waals surface area contributed by atoms with E-state index in [4.69, 9.17) is 24.2 Å². The Bertz CT molecular complexity index is 4400. The lowest BCUT2D eigenvalue weighted by Gasteiger charge is -2.12. The van der Waals surface area contributed by atoms with Crippen LogP contribution in [0.1, 0.15) is 103 Å². The molecule has 0 bridgehead atoms. The third-order valence-corrected chi connectivity index (χ3v) is 14.9. The molecule has 0 spiro atoms. The van der Waals surface area contributed by atoms with E-state index in [2.05, 4.69) is 34.9 Å². The lowest BCUT2D eigenvalue weighted by molar-refractivity contribution is -0.141. The first-order valence-corrected chi connectivity index (χ1v) is 27.5. The Morgan fingerprint density at radius 3 is 1.11 bits per heavy atom. The Labute approximate surface area is 481 Å². The molecule has 10 aromatic rings. The zero-order chi connectivity index (χ0) is 58.5. The van der Waals surface area contributed by atoms with Crippen LogP contribution in [0.4, 0.5) is 0 Å². The smallest absolute Gasteiger partial charge is 0.318 e. The maximum Gasteiger partial charge on any atom is 0.332 e. The van der Waals surface area contributed by atoms with Gasteiger partial charge in [-0.3, -0.25) is 4.79 Å². The van der Waals surface area contributed by atoms with Crippen molar-refractivity contribution < 1.29 is 53.0 Å². The van der Waals surface area contributed by atoms with Crippen LogP contribution >= 0.6 is 22.7 Å². The molecule has 0 atom stereocenters. The molecule has 4 aromatic heterocycles. The van der Waals surface area contributed by atoms with Gasteiger partial charge in [0.1, 0.15) is 5.71 Å². The average Bonchev–Trinajstić information content (AvgIpc) is 3.11. The maximum absolute atomic E-state index is 13.9. The lowest BCUT2D eigenvalue weighted by atomic mass is 9.97. The van der Waals surface area contributed by atoms with Gasteiger partial charge >= 0.3 is 29.8 Å². The second-order valence-corrected chi connectivity index (χ2v) is 20.8. The van der Waals surface area contributed by atoms with Crippen LogP contribution < -0.4 is 0 Å². The highest BCUT2D eigenvalue weighted by molar-refractivity contribution is 7.12. The summed E-state index contributed by atoms with van der Waals surface area (Å²) in [5.74, 6) is -3.17. The number of ketones is 1. The summed E-state index contributed by atoms with van der Waals surface area (Å²) in [6.45, 7) is 9.78. The quantitative estimate of drug-likeness (QED) is 0.0361. The van der Waals surface area contributed by atoms with Gasteiger partial charge in [0, 0.05) is 96.2 Å². The maximum atomic E-state index is 13.9. The van der Waals surface area contributed by atoms with E-state index in [-0.39, 0.29) is 23.6 Å². The van der Waals surface area contributed by atoms with Crippen LogP contribution in [0.15, 0.2) is 182 Å². The van der Waals surface area contributed by atoms with Crippen LogP contribution in [0.3, 0.4) is 0 Å². The molecule has 414 valence electrons. The Balaban J connectivity index is 1.12. The van der Waals surface area contributed by atoms with Crippen LogP contribution in [0.25, 0.3) is 55.0 Å². The number of aromatic nitrogens is 2. The van der Waals surface area contributed by atoms with Gasteiger partial charge in [0.2, 0.25) is 5.78 Å². The van der Waals surface area contributed by atoms with Crippen molar-refractivity contribution >= 4 is 130 Å². The third-order valence-electron chi connectivity index (χ3n) is 13.1. The number of oxime groups is 5. The number of hydrogen-bond donors (Lipinski definition) is 0. The molecule has 83 heavy (non-hydrogen) atoms. The molecule has 0 unspecified atom stereocenters. The fourth-order valence-electron chi connectivity index (χ4n) is 9.41. The molecule has 0 saturated carbocycles. The number of carbonyl (C=O) groups is 6. The predicted molar refractivity (Wildman–Crippen MR) is 320 cm³/mol. The number of thiophene rings is 2. The largest absolute Gasteiger partial charge is 0.332 e. The SMILES string of the molecule is CC(=O)ON=C(C)c1ccc(-n2c3ccc(C(=O)c4cccs4)cc3c3cc(C(C/C(=N\OC(C)=O)c4ccc5c(c4)c4cc(/C(=N\OC(C)=O)c6cccs6)ccc4n5-c4ccc(C(C)=NOC(C)=O)cc4)=NOC(C)=O)ccc32)cc1. The summed E-state index contributed by atoms with van der Waals surface area (Å²) in [5, 5.41) is 27.8. The molecule has 0 aliphatic heterocycles. The van der Waals surface area contributed by atoms with E-state index in [0.717, 1.165) is 71.0 Å². The first-order chi connectivity index (χ1) is 40.0. The van der Waals surface area contributed by atoms with Crippen molar-refractivity contribution in [2.24, 2.45) is 25.8 Å². The summed E-state index contributed by atoms with van der Waals surface area (Å²) in [4.78, 5) is 101. The van der Waals surface area contributed by atoms with Crippen molar-refractivity contribution in [3.63, 3.8) is 0 Å². The zero-order valence-electron chi connectivity index (χ0n) is 45.7. The van der Waals surface area contributed by atoms with E-state index in [1.807, 2.05) is 144 Å². The van der Waals surface area contributed by atoms with Gasteiger partial charge in [-0.15, -0.1) is 22.7 Å². The average molecular weight is 1140 g/mol. The fourth-order valence-corrected chi connectivity index (χ4v) is 10.8. The van der Waals surface area contributed by atoms with Crippen molar-refractivity contribution in [2.75, 3.05) is 0 Å². The number of benzene rings is 6. The van der Waals surface area contributed by atoms with Crippen LogP contribution in [-0.4, -0.2) is 73.3 Å². The molecule has 20 heteroatoms. The number of rotatable bonds is 17. The molecule has 0 N–H and O–H groups in total. The minimum Gasteiger partial charge on any atom is -0.318 e. The summed E-state index contributed by atoms with van der Waals surface area (Å²) in [5.41, 5.74) is 10.2. The van der Waals surface area contributed by atoms with Crippen molar-refractivity contribution in [3.8, 4) is 11.4 Å². The highest BCUT2D eigenvalue weighted by Crippen LogP contribution is 2.37. The summed E-state index contributed by atoms with van der Waals surface area (Å²) in [6.07, 6.45) is -0.134. The van der Waals surface area contributed by atoms with E-state index in [1.54, 1.807) is 26.0 Å². The molecule has 0 aliphatic carbocycles. The number of nitrogens with zero attached hydrogens (tertiary/aromatic N) is 7. The van der Waals surface area contributed by atoms with Crippen molar-refractivity contribution in [1.29, 1.82) is 0 Å². The van der Waals surface area contributed by atoms with Crippen LogP contribution in [0.5, 0.6) is 0 Å². The lowest BCUT2D eigenvalue weighted by Crippen LogP contribution is -2.13. The van der Waals surface area contributed by atoms with E-state index in [9.17, 15) is 28.8 Å². The number of carbonyl (C=O) groups excluding carboxylic acids is 6. The standard InChI is InChI=1S/C63H49N7O11S2/c1-35(64-77-37(3)71)42-12-20-48(21-13-42)69-56-24-16-44(30-50(56)52-32-46(18-26-58(52)69)62(68-81-41(7)75)60-10-8-28-82-60)54(66-79-39(5)73)34-55(67-80-40(6)74)45-17-25-57-51(31-45)53-33-47(63(76)61-11-9-29-83-61)19-27-59(53)70(57)49-22-14-43(15-23-49)36(2)65-78-38(4)72/h8-33H,34H2,1-7H3/b64-35?,65-36?,66-54+,67-55?,68-62+. The van der Waals surface area contributed by atoms with Crippen LogP contribution in [0.2, 0.25) is 0 Å². The highest BCUT2D eigenvalue weighted by atomic mass is 32.1. The van der Waals surface area contributed by atoms with Gasteiger partial charge in [0.25, 0.3) is 0 Å². The van der Waals surface area contributed by atoms with E-state index in [0.29, 0.717) is 44.3 Å². The summed E-state index contributed by atoms with van der Waals surface area (Å²) >= 11 is 2.78. The third kappa shape index (κ3) is 12.2. The normalized spacial score (nSPS) is 12.5. The fraction of sp³-hybridized carbons (Fsp3) is 0.127. The first-order valence-electron chi connectivity index (χ1n) is 25.7. The topological polar surface area (TPSA) is 220 Å². The van der Waals surface area contributed by atoms with Gasteiger partial charge in [-0.25, -0.2) is 24.0 Å². The van der Waals surface area contributed by atoms with E-state index in [1.165, 1.54) is 57.3 Å². The summed E-state index contributed by atoms with van der Waals surface area (Å²) in [7, 11) is 0. The summed E-state index contributed by atoms with van der Waals surface area (Å²) in [6, 6.07) is 45.2. The van der Waals surface area contributed by atoms with Crippen LogP contribution in [-0.2, 0) is 48.2 Å². The second-order valence-electron chi connectivity index (χ2n) is 18.9. The van der Waals surface area contributed by atoms with Gasteiger partial charge in [-0.05, 0) is 127 Å². The van der Waals surface area contributed by atoms with E-state index >= 15 is 0 Å². The molecule has 0 radical (unpaired) electrons. The molecule has 18 nitrogen and oxygen atoms in total. The first kappa shape index (κ1) is 56.0. The summed E-state index contributed by atoms with van der Waals surface area (Å²) < 4.78 is 4.14. The predicted octanol–water partition coefficient (Wildman–Crippen LogP) is 12.7. The Morgan fingerprint density at radius 1 is 0.373 bits per heavy atom. The number of fused-ring (bicyclic) bond motifs is 6. The number of hydrogen-bond acceptors (Lipinski definition) is 18. The van der Waals surface area contributed by atoms with E-state index < -0.39 is 29.8 Å². The highest BCUT2D eigenvalue weighted by Gasteiger charge is 2.23. The minimum atomic E-state index is -0.685. The molecule has 0 aliphatic rings. The second kappa shape index (κ2) is 24.2. The van der Waals surface area contributed by atoms with Gasteiger partial charge in [0.15, 0.2) is 0 Å². The molecule has 0 saturated heterocycles. The Morgan fingerprint density at radius 2 is 0.711 bits per heavy atom. The molecular weight excluding hydrogens is 1090 g/mol. The van der Waals surface area contributed by atoms with Crippen molar-refractivity contribution in [2.45, 2.75) is 54.9 Å². The van der Waals surface area contributed by atoms with Crippen molar-refractivity contribution in [1.82, 2.24) is 9.13 Å². The molecule has 0 amide bonds. The molecule has 6 aromatic carbocycles. The monoisotopic (exact) mass is 1140 g/mol. The Hall–Kier alpha value is -10.3. The molecule has 10 rings (SSSR count). The van der Waals surface area contributed by atoms with Gasteiger partial charge in [-0.1, -0.05) is 80.4 Å². The molecular formula is C63H49N7O11S2. The van der Waals surface area contributed by atoms with Crippen molar-refractivity contribution in [3.05, 3.63) is 199 Å². The van der Waals surface area contributed by atoms with Gasteiger partial charge in [-0.2, -0.15) is 0 Å². The molecule has 0 fully saturated rings. The zero-order valence-corrected chi connectivity index (χ0v) is 47.3. The minimum absolute atomic E-state index is 0.134. The van der Waals surface area contributed by atoms with Crippen LogP contribution in [0, 0.1) is 0 Å².